The molecule has 0 aromatic rings. The van der Waals surface area contributed by atoms with E-state index >= 15 is 0 Å². The van der Waals surface area contributed by atoms with Gasteiger partial charge < -0.3 is 11.1 Å². The summed E-state index contributed by atoms with van der Waals surface area (Å²) < 4.78 is 0. The minimum atomic E-state index is -0.0163. The lowest BCUT2D eigenvalue weighted by atomic mass is 9.84. The van der Waals surface area contributed by atoms with Gasteiger partial charge in [-0.25, -0.2) is 0 Å². The highest BCUT2D eigenvalue weighted by molar-refractivity contribution is 5.81. The Morgan fingerprint density at radius 1 is 1.21 bits per heavy atom. The third-order valence-corrected chi connectivity index (χ3v) is 5.26. The van der Waals surface area contributed by atoms with Crippen molar-refractivity contribution in [2.24, 2.45) is 11.7 Å². The lowest BCUT2D eigenvalue weighted by molar-refractivity contribution is -0.130. The van der Waals surface area contributed by atoms with Crippen LogP contribution in [0.5, 0.6) is 0 Å². The molecule has 1 amide bonds. The van der Waals surface area contributed by atoms with E-state index in [9.17, 15) is 4.79 Å². The Kier molecular flexibility index (Phi) is 3.56. The molecule has 2 saturated carbocycles. The number of nitrogens with one attached hydrogen (secondary N) is 1. The first-order chi connectivity index (χ1) is 9.08. The summed E-state index contributed by atoms with van der Waals surface area (Å²) in [7, 11) is 0. The van der Waals surface area contributed by atoms with E-state index < -0.39 is 0 Å². The normalized spacial score (nSPS) is 29.6. The predicted molar refractivity (Wildman–Crippen MR) is 75.7 cm³/mol. The maximum absolute atomic E-state index is 12.2. The van der Waals surface area contributed by atoms with Crippen LogP contribution in [0.4, 0.5) is 0 Å². The Morgan fingerprint density at radius 3 is 2.42 bits per heavy atom. The fourth-order valence-corrected chi connectivity index (χ4v) is 3.63. The summed E-state index contributed by atoms with van der Waals surface area (Å²) in [6, 6.07) is 0.397. The number of nitrogens with two attached hydrogens (primary N) is 1. The molecule has 3 fully saturated rings. The van der Waals surface area contributed by atoms with Gasteiger partial charge in [-0.05, 0) is 38.5 Å². The average molecular weight is 265 g/mol. The number of nitrogens with zero attached hydrogens (tertiary/aromatic N) is 1. The van der Waals surface area contributed by atoms with Gasteiger partial charge in [-0.3, -0.25) is 9.69 Å². The molecule has 3 aliphatic rings. The van der Waals surface area contributed by atoms with Crippen molar-refractivity contribution >= 4 is 5.91 Å². The maximum atomic E-state index is 12.2. The second-order valence-electron chi connectivity index (χ2n) is 6.93. The van der Waals surface area contributed by atoms with Crippen LogP contribution < -0.4 is 11.1 Å². The Balaban J connectivity index is 1.45. The molecule has 4 nitrogen and oxygen atoms in total. The largest absolute Gasteiger partial charge is 0.352 e. The number of likely N-dealkylation sites (tertiary alicyclic amines) is 1. The van der Waals surface area contributed by atoms with Crippen molar-refractivity contribution < 1.29 is 4.79 Å². The molecule has 4 heteroatoms. The van der Waals surface area contributed by atoms with Crippen molar-refractivity contribution in [3.8, 4) is 0 Å². The standard InChI is InChI=1S/C15H27N3O/c1-11(14(19)17-13-5-3-2-4-6-13)18-9-15(16,10-18)12-7-8-12/h11-13H,2-10,16H2,1H3,(H,17,19). The number of amides is 1. The fraction of sp³-hybridized carbons (Fsp3) is 0.933. The second kappa shape index (κ2) is 5.06. The van der Waals surface area contributed by atoms with Crippen LogP contribution in [0.25, 0.3) is 0 Å². The lowest BCUT2D eigenvalue weighted by Crippen LogP contribution is -2.72. The van der Waals surface area contributed by atoms with Crippen LogP contribution in [0.15, 0.2) is 0 Å². The molecule has 1 atom stereocenters. The van der Waals surface area contributed by atoms with E-state index in [0.29, 0.717) is 6.04 Å². The highest BCUT2D eigenvalue weighted by Crippen LogP contribution is 2.43. The molecule has 19 heavy (non-hydrogen) atoms. The summed E-state index contributed by atoms with van der Waals surface area (Å²) in [4.78, 5) is 14.5. The zero-order valence-electron chi connectivity index (χ0n) is 12.0. The summed E-state index contributed by atoms with van der Waals surface area (Å²) in [5, 5.41) is 3.22. The Hall–Kier alpha value is -0.610. The van der Waals surface area contributed by atoms with E-state index in [0.717, 1.165) is 31.8 Å². The van der Waals surface area contributed by atoms with Gasteiger partial charge in [0.1, 0.15) is 0 Å². The van der Waals surface area contributed by atoms with Gasteiger partial charge in [-0.1, -0.05) is 19.3 Å². The van der Waals surface area contributed by atoms with E-state index in [1.807, 2.05) is 6.92 Å². The minimum Gasteiger partial charge on any atom is -0.352 e. The molecule has 108 valence electrons. The molecular formula is C15H27N3O. The summed E-state index contributed by atoms with van der Waals surface area (Å²) in [6.45, 7) is 3.82. The third-order valence-electron chi connectivity index (χ3n) is 5.26. The quantitative estimate of drug-likeness (QED) is 0.804. The van der Waals surface area contributed by atoms with Crippen LogP contribution in [0.1, 0.15) is 51.9 Å². The van der Waals surface area contributed by atoms with Gasteiger partial charge in [0.25, 0.3) is 0 Å². The van der Waals surface area contributed by atoms with E-state index in [-0.39, 0.29) is 17.5 Å². The summed E-state index contributed by atoms with van der Waals surface area (Å²) in [5.41, 5.74) is 6.36. The molecule has 0 bridgehead atoms. The van der Waals surface area contributed by atoms with Crippen molar-refractivity contribution in [1.29, 1.82) is 0 Å². The van der Waals surface area contributed by atoms with Gasteiger partial charge >= 0.3 is 0 Å². The first-order valence-corrected chi connectivity index (χ1v) is 7.92. The molecule has 3 N–H and O–H groups in total. The van der Waals surface area contributed by atoms with Gasteiger partial charge in [0, 0.05) is 24.7 Å². The first kappa shape index (κ1) is 13.4. The molecule has 0 aromatic heterocycles. The summed E-state index contributed by atoms with van der Waals surface area (Å²) >= 11 is 0. The van der Waals surface area contributed by atoms with E-state index in [1.54, 1.807) is 0 Å². The van der Waals surface area contributed by atoms with Crippen molar-refractivity contribution in [1.82, 2.24) is 10.2 Å². The zero-order valence-corrected chi connectivity index (χ0v) is 12.0. The van der Waals surface area contributed by atoms with Gasteiger partial charge in [0.2, 0.25) is 5.91 Å². The zero-order chi connectivity index (χ0) is 13.5. The highest BCUT2D eigenvalue weighted by Gasteiger charge is 2.51. The third kappa shape index (κ3) is 2.79. The van der Waals surface area contributed by atoms with Crippen molar-refractivity contribution in [2.75, 3.05) is 13.1 Å². The van der Waals surface area contributed by atoms with E-state index in [2.05, 4.69) is 10.2 Å². The maximum Gasteiger partial charge on any atom is 0.237 e. The Bertz CT molecular complexity index is 341. The number of carbonyl (C=O) groups excluding carboxylic acids is 1. The Labute approximate surface area is 116 Å². The smallest absolute Gasteiger partial charge is 0.237 e. The van der Waals surface area contributed by atoms with Crippen molar-refractivity contribution in [3.63, 3.8) is 0 Å². The van der Waals surface area contributed by atoms with Crippen LogP contribution in [-0.2, 0) is 4.79 Å². The van der Waals surface area contributed by atoms with Crippen LogP contribution in [0, 0.1) is 5.92 Å². The van der Waals surface area contributed by atoms with Crippen LogP contribution >= 0.6 is 0 Å². The van der Waals surface area contributed by atoms with Crippen molar-refractivity contribution in [2.45, 2.75) is 69.5 Å². The van der Waals surface area contributed by atoms with Crippen LogP contribution in [-0.4, -0.2) is 41.5 Å². The molecule has 0 spiro atoms. The molecule has 1 heterocycles. The van der Waals surface area contributed by atoms with Crippen LogP contribution in [0.2, 0.25) is 0 Å². The number of hydrogen-bond donors (Lipinski definition) is 2. The Morgan fingerprint density at radius 2 is 1.84 bits per heavy atom. The van der Waals surface area contributed by atoms with E-state index in [1.165, 1.54) is 32.1 Å². The van der Waals surface area contributed by atoms with Crippen LogP contribution in [0.3, 0.4) is 0 Å². The summed E-state index contributed by atoms with van der Waals surface area (Å²) in [5.74, 6) is 0.919. The minimum absolute atomic E-state index is 0.0133. The van der Waals surface area contributed by atoms with Gasteiger partial charge in [0.15, 0.2) is 0 Å². The highest BCUT2D eigenvalue weighted by atomic mass is 16.2. The molecule has 0 aromatic carbocycles. The molecule has 3 rings (SSSR count). The molecule has 1 saturated heterocycles. The molecule has 1 unspecified atom stereocenters. The average Bonchev–Trinajstić information content (AvgIpc) is 3.20. The molecular weight excluding hydrogens is 238 g/mol. The first-order valence-electron chi connectivity index (χ1n) is 7.92. The number of carbonyl (C=O) groups is 1. The van der Waals surface area contributed by atoms with Crippen molar-refractivity contribution in [3.05, 3.63) is 0 Å². The number of rotatable bonds is 4. The van der Waals surface area contributed by atoms with Gasteiger partial charge in [0.05, 0.1) is 6.04 Å². The SMILES string of the molecule is CC(C(=O)NC1CCCCC1)N1CC(N)(C2CC2)C1. The topological polar surface area (TPSA) is 58.4 Å². The molecule has 0 radical (unpaired) electrons. The monoisotopic (exact) mass is 265 g/mol. The molecule has 2 aliphatic carbocycles. The lowest BCUT2D eigenvalue weighted by Gasteiger charge is -2.50. The van der Waals surface area contributed by atoms with Gasteiger partial charge in [-0.2, -0.15) is 0 Å². The van der Waals surface area contributed by atoms with E-state index in [4.69, 9.17) is 5.73 Å². The second-order valence-corrected chi connectivity index (χ2v) is 6.93. The molecule has 1 aliphatic heterocycles. The summed E-state index contributed by atoms with van der Waals surface area (Å²) in [6.07, 6.45) is 8.72. The van der Waals surface area contributed by atoms with Gasteiger partial charge in [-0.15, -0.1) is 0 Å². The number of hydrogen-bond acceptors (Lipinski definition) is 3. The fourth-order valence-electron chi connectivity index (χ4n) is 3.63. The predicted octanol–water partition coefficient (Wildman–Crippen LogP) is 1.25.